The second kappa shape index (κ2) is 5.52. The number of hydrogen-bond donors (Lipinski definition) is 1. The summed E-state index contributed by atoms with van der Waals surface area (Å²) in [6.45, 7) is 12.4. The van der Waals surface area contributed by atoms with E-state index in [9.17, 15) is 0 Å². The van der Waals surface area contributed by atoms with E-state index in [2.05, 4.69) is 44.0 Å². The van der Waals surface area contributed by atoms with Gasteiger partial charge in [-0.25, -0.2) is 0 Å². The highest BCUT2D eigenvalue weighted by atomic mass is 15.2. The van der Waals surface area contributed by atoms with Gasteiger partial charge in [0.2, 0.25) is 0 Å². The minimum absolute atomic E-state index is 0.651. The average Bonchev–Trinajstić information content (AvgIpc) is 2.10. The van der Waals surface area contributed by atoms with Crippen LogP contribution in [0.15, 0.2) is 11.6 Å². The number of nitrogens with one attached hydrogen (secondary N) is 1. The van der Waals surface area contributed by atoms with Crippen LogP contribution < -0.4 is 5.32 Å². The lowest BCUT2D eigenvalue weighted by molar-refractivity contribution is 0.149. The first kappa shape index (κ1) is 11.7. The Labute approximate surface area is 88.4 Å². The molecule has 1 aliphatic heterocycles. The lowest BCUT2D eigenvalue weighted by Gasteiger charge is -2.37. The molecule has 14 heavy (non-hydrogen) atoms. The smallest absolute Gasteiger partial charge is 0.0193 e. The van der Waals surface area contributed by atoms with Crippen LogP contribution in [0.3, 0.4) is 0 Å². The maximum atomic E-state index is 3.50. The van der Waals surface area contributed by atoms with E-state index in [0.29, 0.717) is 12.1 Å². The molecule has 2 heteroatoms. The number of piperazine rings is 1. The van der Waals surface area contributed by atoms with Crippen molar-refractivity contribution in [3.63, 3.8) is 0 Å². The van der Waals surface area contributed by atoms with Crippen molar-refractivity contribution < 1.29 is 0 Å². The third-order valence-electron chi connectivity index (χ3n) is 2.86. The van der Waals surface area contributed by atoms with Gasteiger partial charge in [-0.15, -0.1) is 0 Å². The molecule has 2 atom stereocenters. The molecule has 0 aromatic rings. The fraction of sp³-hybridized carbons (Fsp3) is 0.833. The number of rotatable bonds is 3. The molecular weight excluding hydrogens is 172 g/mol. The van der Waals surface area contributed by atoms with Gasteiger partial charge in [0.25, 0.3) is 0 Å². The maximum absolute atomic E-state index is 3.50. The van der Waals surface area contributed by atoms with Crippen LogP contribution >= 0.6 is 0 Å². The van der Waals surface area contributed by atoms with Gasteiger partial charge in [0.15, 0.2) is 0 Å². The summed E-state index contributed by atoms with van der Waals surface area (Å²) in [5, 5.41) is 3.50. The molecule has 0 amide bonds. The van der Waals surface area contributed by atoms with Crippen molar-refractivity contribution in [1.29, 1.82) is 0 Å². The van der Waals surface area contributed by atoms with E-state index in [4.69, 9.17) is 0 Å². The molecule has 1 rings (SSSR count). The molecule has 1 aliphatic rings. The van der Waals surface area contributed by atoms with E-state index in [1.807, 2.05) is 0 Å². The first-order valence-corrected chi connectivity index (χ1v) is 5.70. The average molecular weight is 196 g/mol. The molecule has 0 saturated carbocycles. The minimum atomic E-state index is 0.651. The Morgan fingerprint density at radius 2 is 2.14 bits per heavy atom. The van der Waals surface area contributed by atoms with Gasteiger partial charge in [-0.05, 0) is 34.1 Å². The van der Waals surface area contributed by atoms with Crippen molar-refractivity contribution in [3.8, 4) is 0 Å². The van der Waals surface area contributed by atoms with E-state index in [-0.39, 0.29) is 0 Å². The van der Waals surface area contributed by atoms with Gasteiger partial charge in [0.1, 0.15) is 0 Å². The number of nitrogens with zero attached hydrogens (tertiary/aromatic N) is 1. The standard InChI is InChI=1S/C12H24N2/c1-10(2)6-5-7-14-9-11(3)13-8-12(14)4/h6,11-13H,5,7-9H2,1-4H3. The van der Waals surface area contributed by atoms with Crippen LogP contribution in [0.2, 0.25) is 0 Å². The third kappa shape index (κ3) is 3.81. The van der Waals surface area contributed by atoms with Crippen molar-refractivity contribution in [2.75, 3.05) is 19.6 Å². The van der Waals surface area contributed by atoms with Gasteiger partial charge >= 0.3 is 0 Å². The Morgan fingerprint density at radius 3 is 2.79 bits per heavy atom. The predicted molar refractivity (Wildman–Crippen MR) is 62.5 cm³/mol. The first-order chi connectivity index (χ1) is 6.59. The van der Waals surface area contributed by atoms with Crippen LogP contribution in [-0.4, -0.2) is 36.6 Å². The van der Waals surface area contributed by atoms with Gasteiger partial charge < -0.3 is 5.32 Å². The molecule has 1 fully saturated rings. The highest BCUT2D eigenvalue weighted by Crippen LogP contribution is 2.07. The van der Waals surface area contributed by atoms with Crippen molar-refractivity contribution >= 4 is 0 Å². The third-order valence-corrected chi connectivity index (χ3v) is 2.86. The van der Waals surface area contributed by atoms with Crippen LogP contribution in [0, 0.1) is 0 Å². The Hall–Kier alpha value is -0.340. The van der Waals surface area contributed by atoms with Crippen LogP contribution in [0.5, 0.6) is 0 Å². The summed E-state index contributed by atoms with van der Waals surface area (Å²) >= 11 is 0. The van der Waals surface area contributed by atoms with Crippen molar-refractivity contribution in [2.45, 2.75) is 46.2 Å². The quantitative estimate of drug-likeness (QED) is 0.695. The predicted octanol–water partition coefficient (Wildman–Crippen LogP) is 2.02. The van der Waals surface area contributed by atoms with E-state index in [0.717, 1.165) is 6.54 Å². The van der Waals surface area contributed by atoms with Gasteiger partial charge in [-0.1, -0.05) is 11.6 Å². The van der Waals surface area contributed by atoms with Gasteiger partial charge in [0.05, 0.1) is 0 Å². The molecule has 0 aromatic heterocycles. The van der Waals surface area contributed by atoms with Crippen molar-refractivity contribution in [3.05, 3.63) is 11.6 Å². The minimum Gasteiger partial charge on any atom is -0.311 e. The first-order valence-electron chi connectivity index (χ1n) is 5.70. The lowest BCUT2D eigenvalue weighted by Crippen LogP contribution is -2.54. The molecule has 0 aliphatic carbocycles. The summed E-state index contributed by atoms with van der Waals surface area (Å²) in [5.41, 5.74) is 1.43. The summed E-state index contributed by atoms with van der Waals surface area (Å²) in [6.07, 6.45) is 3.53. The summed E-state index contributed by atoms with van der Waals surface area (Å²) in [6, 6.07) is 1.34. The maximum Gasteiger partial charge on any atom is 0.0193 e. The lowest BCUT2D eigenvalue weighted by atomic mass is 10.1. The van der Waals surface area contributed by atoms with Gasteiger partial charge in [0, 0.05) is 31.7 Å². The topological polar surface area (TPSA) is 15.3 Å². The number of hydrogen-bond acceptors (Lipinski definition) is 2. The fourth-order valence-corrected chi connectivity index (χ4v) is 1.93. The normalized spacial score (nSPS) is 28.9. The summed E-state index contributed by atoms with van der Waals surface area (Å²) in [5.74, 6) is 0. The van der Waals surface area contributed by atoms with Crippen molar-refractivity contribution in [1.82, 2.24) is 10.2 Å². The summed E-state index contributed by atoms with van der Waals surface area (Å²) in [4.78, 5) is 2.58. The molecule has 1 heterocycles. The van der Waals surface area contributed by atoms with Gasteiger partial charge in [-0.2, -0.15) is 0 Å². The molecule has 1 saturated heterocycles. The van der Waals surface area contributed by atoms with Crippen molar-refractivity contribution in [2.24, 2.45) is 0 Å². The second-order valence-electron chi connectivity index (χ2n) is 4.72. The van der Waals surface area contributed by atoms with Gasteiger partial charge in [-0.3, -0.25) is 4.90 Å². The molecule has 0 bridgehead atoms. The highest BCUT2D eigenvalue weighted by Gasteiger charge is 2.20. The Morgan fingerprint density at radius 1 is 1.43 bits per heavy atom. The molecule has 0 aromatic carbocycles. The molecule has 1 N–H and O–H groups in total. The largest absolute Gasteiger partial charge is 0.311 e. The molecule has 2 unspecified atom stereocenters. The van der Waals surface area contributed by atoms with Crippen LogP contribution in [0.4, 0.5) is 0 Å². The van der Waals surface area contributed by atoms with E-state index >= 15 is 0 Å². The Balaban J connectivity index is 2.31. The fourth-order valence-electron chi connectivity index (χ4n) is 1.93. The zero-order valence-corrected chi connectivity index (χ0v) is 10.0. The summed E-state index contributed by atoms with van der Waals surface area (Å²) < 4.78 is 0. The van der Waals surface area contributed by atoms with Crippen LogP contribution in [0.25, 0.3) is 0 Å². The molecule has 82 valence electrons. The highest BCUT2D eigenvalue weighted by molar-refractivity contribution is 4.94. The zero-order valence-electron chi connectivity index (χ0n) is 10.0. The zero-order chi connectivity index (χ0) is 10.6. The van der Waals surface area contributed by atoms with Crippen LogP contribution in [0.1, 0.15) is 34.1 Å². The monoisotopic (exact) mass is 196 g/mol. The molecule has 0 spiro atoms. The SMILES string of the molecule is CC(C)=CCCN1CC(C)NCC1C. The van der Waals surface area contributed by atoms with E-state index in [1.165, 1.54) is 25.1 Å². The molecule has 2 nitrogen and oxygen atoms in total. The molecule has 0 radical (unpaired) electrons. The molecular formula is C12H24N2. The summed E-state index contributed by atoms with van der Waals surface area (Å²) in [7, 11) is 0. The van der Waals surface area contributed by atoms with E-state index in [1.54, 1.807) is 0 Å². The number of allylic oxidation sites excluding steroid dienone is 1. The van der Waals surface area contributed by atoms with Crippen LogP contribution in [-0.2, 0) is 0 Å². The van der Waals surface area contributed by atoms with E-state index < -0.39 is 0 Å². The Bertz CT molecular complexity index is 194. The second-order valence-corrected chi connectivity index (χ2v) is 4.72. The Kier molecular flexibility index (Phi) is 4.63.